The summed E-state index contributed by atoms with van der Waals surface area (Å²) in [5.41, 5.74) is 2.20. The van der Waals surface area contributed by atoms with Crippen molar-refractivity contribution in [1.29, 1.82) is 0 Å². The van der Waals surface area contributed by atoms with E-state index in [1.54, 1.807) is 0 Å². The molecule has 11 heteroatoms. The van der Waals surface area contributed by atoms with Gasteiger partial charge in [0.25, 0.3) is 0 Å². The Hall–Kier alpha value is -3.18. The number of hydrogen-bond acceptors (Lipinski definition) is 7. The van der Waals surface area contributed by atoms with Gasteiger partial charge in [0.2, 0.25) is 0 Å². The Morgan fingerprint density at radius 1 is 1.00 bits per heavy atom. The largest absolute Gasteiger partial charge is 0.417 e. The fraction of sp³-hybridized carbons (Fsp3) is 0.480. The number of pyridine rings is 2. The molecule has 5 rings (SSSR count). The Balaban J connectivity index is 1.23. The van der Waals surface area contributed by atoms with Crippen molar-refractivity contribution >= 4 is 11.6 Å². The lowest BCUT2D eigenvalue weighted by Crippen LogP contribution is -2.51. The van der Waals surface area contributed by atoms with E-state index in [0.29, 0.717) is 18.9 Å². The first-order valence-electron chi connectivity index (χ1n) is 12.2. The minimum absolute atomic E-state index is 0.0965. The van der Waals surface area contributed by atoms with Crippen LogP contribution in [0.4, 0.5) is 24.8 Å². The second kappa shape index (κ2) is 10.1. The number of aliphatic hydroxyl groups excluding tert-OH is 1. The molecule has 192 valence electrons. The number of rotatable bonds is 6. The molecule has 36 heavy (non-hydrogen) atoms. The summed E-state index contributed by atoms with van der Waals surface area (Å²) in [6.45, 7) is 5.97. The SMILES string of the molecule is CC1CN(Cc2cn[nH]c2-c2ccc(N3CCCC3CO)nc2)CCN1c1ccc(C(F)(F)F)cn1. The summed E-state index contributed by atoms with van der Waals surface area (Å²) in [5.74, 6) is 1.44. The summed E-state index contributed by atoms with van der Waals surface area (Å²) >= 11 is 0. The molecule has 0 aromatic carbocycles. The molecule has 8 nitrogen and oxygen atoms in total. The van der Waals surface area contributed by atoms with Gasteiger partial charge in [0.05, 0.1) is 30.1 Å². The molecule has 2 atom stereocenters. The first kappa shape index (κ1) is 24.5. The maximum atomic E-state index is 12.9. The number of nitrogens with zero attached hydrogens (tertiary/aromatic N) is 6. The number of nitrogens with one attached hydrogen (secondary N) is 1. The predicted molar refractivity (Wildman–Crippen MR) is 131 cm³/mol. The van der Waals surface area contributed by atoms with Crippen LogP contribution in [-0.2, 0) is 12.7 Å². The van der Waals surface area contributed by atoms with Crippen molar-refractivity contribution in [3.8, 4) is 11.3 Å². The molecule has 2 aliphatic rings. The Morgan fingerprint density at radius 2 is 1.78 bits per heavy atom. The van der Waals surface area contributed by atoms with E-state index in [-0.39, 0.29) is 18.7 Å². The Morgan fingerprint density at radius 3 is 2.44 bits per heavy atom. The highest BCUT2D eigenvalue weighted by Gasteiger charge is 2.32. The van der Waals surface area contributed by atoms with Crippen molar-refractivity contribution in [3.63, 3.8) is 0 Å². The molecule has 3 aromatic rings. The topological polar surface area (TPSA) is 84.4 Å². The van der Waals surface area contributed by atoms with E-state index in [1.165, 1.54) is 6.07 Å². The van der Waals surface area contributed by atoms with E-state index in [0.717, 1.165) is 67.4 Å². The van der Waals surface area contributed by atoms with Crippen molar-refractivity contribution in [2.24, 2.45) is 0 Å². The van der Waals surface area contributed by atoms with E-state index in [2.05, 4.69) is 36.9 Å². The fourth-order valence-corrected chi connectivity index (χ4v) is 5.19. The van der Waals surface area contributed by atoms with E-state index in [1.807, 2.05) is 29.4 Å². The number of piperazine rings is 1. The van der Waals surface area contributed by atoms with Gasteiger partial charge >= 0.3 is 6.18 Å². The molecule has 2 fully saturated rings. The van der Waals surface area contributed by atoms with Crippen LogP contribution in [0, 0.1) is 0 Å². The molecule has 0 bridgehead atoms. The molecule has 2 unspecified atom stereocenters. The third-order valence-corrected chi connectivity index (χ3v) is 7.11. The van der Waals surface area contributed by atoms with Crippen molar-refractivity contribution in [2.45, 2.75) is 44.6 Å². The molecule has 0 aliphatic carbocycles. The van der Waals surface area contributed by atoms with Gasteiger partial charge in [-0.05, 0) is 44.0 Å². The van der Waals surface area contributed by atoms with Crippen LogP contribution in [0.25, 0.3) is 11.3 Å². The highest BCUT2D eigenvalue weighted by Crippen LogP contribution is 2.31. The Kier molecular flexibility index (Phi) is 6.85. The smallest absolute Gasteiger partial charge is 0.394 e. The van der Waals surface area contributed by atoms with Crippen molar-refractivity contribution in [2.75, 3.05) is 42.6 Å². The summed E-state index contributed by atoms with van der Waals surface area (Å²) in [4.78, 5) is 15.2. The molecule has 2 aliphatic heterocycles. The minimum atomic E-state index is -4.38. The summed E-state index contributed by atoms with van der Waals surface area (Å²) in [7, 11) is 0. The van der Waals surface area contributed by atoms with Crippen LogP contribution in [0.5, 0.6) is 0 Å². The zero-order valence-corrected chi connectivity index (χ0v) is 20.1. The summed E-state index contributed by atoms with van der Waals surface area (Å²) in [6.07, 6.45) is 2.23. The van der Waals surface area contributed by atoms with Crippen LogP contribution >= 0.6 is 0 Å². The number of aliphatic hydroxyl groups is 1. The normalized spacial score (nSPS) is 21.4. The van der Waals surface area contributed by atoms with E-state index in [4.69, 9.17) is 0 Å². The predicted octanol–water partition coefficient (Wildman–Crippen LogP) is 3.56. The molecule has 2 N–H and O–H groups in total. The van der Waals surface area contributed by atoms with Gasteiger partial charge in [-0.3, -0.25) is 10.00 Å². The lowest BCUT2D eigenvalue weighted by atomic mass is 10.1. The number of aromatic nitrogens is 4. The fourth-order valence-electron chi connectivity index (χ4n) is 5.19. The quantitative estimate of drug-likeness (QED) is 0.534. The number of alkyl halides is 3. The van der Waals surface area contributed by atoms with Crippen LogP contribution in [0.2, 0.25) is 0 Å². The number of hydrogen-bond donors (Lipinski definition) is 2. The monoisotopic (exact) mass is 501 g/mol. The lowest BCUT2D eigenvalue weighted by molar-refractivity contribution is -0.137. The van der Waals surface area contributed by atoms with Crippen molar-refractivity contribution in [1.82, 2.24) is 25.1 Å². The third kappa shape index (κ3) is 5.03. The molecule has 2 saturated heterocycles. The zero-order chi connectivity index (χ0) is 25.3. The van der Waals surface area contributed by atoms with Crippen LogP contribution < -0.4 is 9.80 Å². The highest BCUT2D eigenvalue weighted by molar-refractivity contribution is 5.63. The lowest BCUT2D eigenvalue weighted by Gasteiger charge is -2.40. The van der Waals surface area contributed by atoms with Gasteiger partial charge < -0.3 is 14.9 Å². The molecular formula is C25H30F3N7O. The second-order valence-corrected chi connectivity index (χ2v) is 9.53. The maximum absolute atomic E-state index is 12.9. The van der Waals surface area contributed by atoms with Gasteiger partial charge in [0, 0.05) is 62.3 Å². The van der Waals surface area contributed by atoms with Crippen LogP contribution in [0.3, 0.4) is 0 Å². The molecule has 0 radical (unpaired) electrons. The summed E-state index contributed by atoms with van der Waals surface area (Å²) in [6, 6.07) is 6.79. The van der Waals surface area contributed by atoms with Gasteiger partial charge in [0.15, 0.2) is 0 Å². The molecular weight excluding hydrogens is 471 g/mol. The summed E-state index contributed by atoms with van der Waals surface area (Å²) < 4.78 is 38.6. The van der Waals surface area contributed by atoms with Gasteiger partial charge in [-0.15, -0.1) is 0 Å². The first-order valence-corrected chi connectivity index (χ1v) is 12.2. The van der Waals surface area contributed by atoms with Crippen molar-refractivity contribution < 1.29 is 18.3 Å². The van der Waals surface area contributed by atoms with Gasteiger partial charge in [0.1, 0.15) is 11.6 Å². The number of H-pyrrole nitrogens is 1. The summed E-state index contributed by atoms with van der Waals surface area (Å²) in [5, 5.41) is 17.0. The first-order chi connectivity index (χ1) is 17.3. The van der Waals surface area contributed by atoms with Gasteiger partial charge in [-0.1, -0.05) is 0 Å². The van der Waals surface area contributed by atoms with Gasteiger partial charge in [-0.2, -0.15) is 18.3 Å². The molecule has 0 amide bonds. The molecule has 3 aromatic heterocycles. The molecule has 5 heterocycles. The standard InChI is InChI=1S/C25H30F3N7O/c1-17-14-33(9-10-34(17)22-7-5-20(13-30-22)25(26,27)28)15-19-12-31-32-24(19)18-4-6-23(29-11-18)35-8-2-3-21(35)16-36/h4-7,11-13,17,21,36H,2-3,8-10,14-16H2,1H3,(H,31,32). The number of halogens is 3. The molecule has 0 spiro atoms. The average Bonchev–Trinajstić information content (AvgIpc) is 3.53. The second-order valence-electron chi connectivity index (χ2n) is 9.53. The van der Waals surface area contributed by atoms with Crippen LogP contribution in [0.1, 0.15) is 30.9 Å². The minimum Gasteiger partial charge on any atom is -0.394 e. The van der Waals surface area contributed by atoms with E-state index in [9.17, 15) is 18.3 Å². The number of aromatic amines is 1. The molecule has 0 saturated carbocycles. The van der Waals surface area contributed by atoms with E-state index >= 15 is 0 Å². The van der Waals surface area contributed by atoms with Crippen LogP contribution in [0.15, 0.2) is 42.9 Å². The third-order valence-electron chi connectivity index (χ3n) is 7.11. The van der Waals surface area contributed by atoms with Crippen molar-refractivity contribution in [3.05, 3.63) is 54.0 Å². The Bertz CT molecular complexity index is 1150. The zero-order valence-electron chi connectivity index (χ0n) is 20.1. The number of anilines is 2. The Labute approximate surface area is 207 Å². The van der Waals surface area contributed by atoms with Gasteiger partial charge in [-0.25, -0.2) is 9.97 Å². The highest BCUT2D eigenvalue weighted by atomic mass is 19.4. The van der Waals surface area contributed by atoms with E-state index < -0.39 is 11.7 Å². The maximum Gasteiger partial charge on any atom is 0.417 e. The van der Waals surface area contributed by atoms with Crippen LogP contribution in [-0.4, -0.2) is 75.0 Å². The average molecular weight is 502 g/mol.